The van der Waals surface area contributed by atoms with E-state index in [1.54, 1.807) is 6.92 Å². The molecule has 2 aromatic carbocycles. The average molecular weight is 421 g/mol. The van der Waals surface area contributed by atoms with Crippen molar-refractivity contribution in [3.8, 4) is 5.69 Å². The van der Waals surface area contributed by atoms with Crippen LogP contribution >= 0.6 is 11.8 Å². The van der Waals surface area contributed by atoms with Crippen molar-refractivity contribution in [2.24, 2.45) is 0 Å². The Labute approximate surface area is 176 Å². The minimum Gasteiger partial charge on any atom is -0.462 e. The molecule has 0 saturated heterocycles. The first kappa shape index (κ1) is 19.7. The molecule has 0 bridgehead atoms. The lowest BCUT2D eigenvalue weighted by molar-refractivity contribution is -0.113. The van der Waals surface area contributed by atoms with Crippen LogP contribution in [0.15, 0.2) is 66.0 Å². The monoisotopic (exact) mass is 421 g/mol. The third kappa shape index (κ3) is 4.20. The van der Waals surface area contributed by atoms with Crippen LogP contribution in [0.1, 0.15) is 17.3 Å². The summed E-state index contributed by atoms with van der Waals surface area (Å²) in [7, 11) is 0. The van der Waals surface area contributed by atoms with Gasteiger partial charge in [0.2, 0.25) is 5.91 Å². The molecule has 0 fully saturated rings. The number of nitrogens with one attached hydrogen (secondary N) is 2. The highest BCUT2D eigenvalue weighted by molar-refractivity contribution is 7.99. The summed E-state index contributed by atoms with van der Waals surface area (Å²) >= 11 is 1.28. The van der Waals surface area contributed by atoms with Crippen molar-refractivity contribution in [1.82, 2.24) is 19.7 Å². The summed E-state index contributed by atoms with van der Waals surface area (Å²) in [6.45, 7) is 1.95. The zero-order valence-corrected chi connectivity index (χ0v) is 17.0. The van der Waals surface area contributed by atoms with Gasteiger partial charge in [0, 0.05) is 0 Å². The predicted octanol–water partition coefficient (Wildman–Crippen LogP) is 3.66. The number of aromatic nitrogens is 4. The normalized spacial score (nSPS) is 10.8. The molecule has 0 atom stereocenters. The number of anilines is 1. The van der Waals surface area contributed by atoms with Gasteiger partial charge in [-0.15, -0.1) is 0 Å². The maximum Gasteiger partial charge on any atom is 0.343 e. The molecule has 4 aromatic rings. The number of carbonyl (C=O) groups excluding carboxylic acids is 2. The number of H-pyrrole nitrogens is 1. The number of benzene rings is 2. The van der Waals surface area contributed by atoms with E-state index in [0.717, 1.165) is 11.0 Å². The van der Waals surface area contributed by atoms with Gasteiger partial charge in [0.1, 0.15) is 5.56 Å². The Hall–Kier alpha value is -3.59. The third-order valence-corrected chi connectivity index (χ3v) is 5.10. The highest BCUT2D eigenvalue weighted by atomic mass is 32.2. The second kappa shape index (κ2) is 8.83. The lowest BCUT2D eigenvalue weighted by Crippen LogP contribution is -2.19. The van der Waals surface area contributed by atoms with Gasteiger partial charge in [-0.05, 0) is 31.2 Å². The molecule has 2 heterocycles. The van der Waals surface area contributed by atoms with Crippen LogP contribution in [-0.2, 0) is 9.53 Å². The molecule has 0 unspecified atom stereocenters. The number of rotatable bonds is 7. The Kier molecular flexibility index (Phi) is 5.80. The number of aromatic amines is 1. The number of para-hydroxylation sites is 3. The number of carbonyl (C=O) groups is 2. The Morgan fingerprint density at radius 1 is 1.13 bits per heavy atom. The molecule has 4 rings (SSSR count). The number of hydrogen-bond donors (Lipinski definition) is 2. The quantitative estimate of drug-likeness (QED) is 0.349. The van der Waals surface area contributed by atoms with Gasteiger partial charge in [-0.3, -0.25) is 4.79 Å². The summed E-state index contributed by atoms with van der Waals surface area (Å²) in [6.07, 6.45) is 1.40. The van der Waals surface area contributed by atoms with E-state index < -0.39 is 5.97 Å². The molecule has 1 amide bonds. The van der Waals surface area contributed by atoms with Gasteiger partial charge in [0.05, 0.1) is 35.3 Å². The van der Waals surface area contributed by atoms with Gasteiger partial charge in [-0.1, -0.05) is 42.1 Å². The summed E-state index contributed by atoms with van der Waals surface area (Å²) in [5.41, 5.74) is 2.66. The zero-order chi connectivity index (χ0) is 20.9. The van der Waals surface area contributed by atoms with Gasteiger partial charge in [0.25, 0.3) is 0 Å². The number of ether oxygens (including phenoxy) is 1. The number of imidazole rings is 1. The van der Waals surface area contributed by atoms with Crippen LogP contribution in [0.25, 0.3) is 16.7 Å². The molecule has 2 aromatic heterocycles. The molecule has 0 radical (unpaired) electrons. The maximum absolute atomic E-state index is 12.6. The minimum absolute atomic E-state index is 0.113. The molecule has 30 heavy (non-hydrogen) atoms. The largest absolute Gasteiger partial charge is 0.462 e. The Bertz CT molecular complexity index is 1150. The molecule has 2 N–H and O–H groups in total. The zero-order valence-electron chi connectivity index (χ0n) is 16.2. The van der Waals surface area contributed by atoms with Crippen LogP contribution in [0.3, 0.4) is 0 Å². The fraction of sp³-hybridized carbons (Fsp3) is 0.143. The highest BCUT2D eigenvalue weighted by Gasteiger charge is 2.21. The van der Waals surface area contributed by atoms with Crippen LogP contribution in [0.5, 0.6) is 0 Å². The van der Waals surface area contributed by atoms with Gasteiger partial charge in [-0.25, -0.2) is 14.5 Å². The van der Waals surface area contributed by atoms with E-state index in [1.807, 2.05) is 54.6 Å². The van der Waals surface area contributed by atoms with Crippen LogP contribution in [-0.4, -0.2) is 44.0 Å². The van der Waals surface area contributed by atoms with E-state index in [4.69, 9.17) is 4.74 Å². The Morgan fingerprint density at radius 3 is 2.67 bits per heavy atom. The summed E-state index contributed by atoms with van der Waals surface area (Å²) in [5.74, 6) is -0.444. The first-order valence-electron chi connectivity index (χ1n) is 9.33. The Morgan fingerprint density at radius 2 is 1.90 bits per heavy atom. The lowest BCUT2D eigenvalue weighted by Gasteiger charge is -2.10. The lowest BCUT2D eigenvalue weighted by atomic mass is 10.3. The molecule has 0 aliphatic carbocycles. The van der Waals surface area contributed by atoms with Crippen LogP contribution in [0, 0.1) is 0 Å². The van der Waals surface area contributed by atoms with Gasteiger partial charge in [-0.2, -0.15) is 5.10 Å². The molecule has 0 aliphatic heterocycles. The fourth-order valence-corrected chi connectivity index (χ4v) is 3.58. The van der Waals surface area contributed by atoms with Crippen molar-refractivity contribution >= 4 is 40.5 Å². The van der Waals surface area contributed by atoms with Crippen molar-refractivity contribution in [2.45, 2.75) is 12.1 Å². The van der Waals surface area contributed by atoms with Gasteiger partial charge < -0.3 is 15.0 Å². The number of esters is 1. The van der Waals surface area contributed by atoms with Crippen molar-refractivity contribution < 1.29 is 14.3 Å². The summed E-state index contributed by atoms with van der Waals surface area (Å²) in [4.78, 5) is 32.6. The number of fused-ring (bicyclic) bond motifs is 1. The maximum atomic E-state index is 12.6. The van der Waals surface area contributed by atoms with E-state index in [2.05, 4.69) is 20.4 Å². The highest BCUT2D eigenvalue weighted by Crippen LogP contribution is 2.23. The van der Waals surface area contributed by atoms with E-state index in [1.165, 1.54) is 22.6 Å². The SMILES string of the molecule is CCOC(=O)c1cnn(-c2ccccc2)c1NC(=O)CSc1nc2ccccc2[nH]1. The first-order chi connectivity index (χ1) is 14.7. The first-order valence-corrected chi connectivity index (χ1v) is 10.3. The minimum atomic E-state index is -0.542. The number of nitrogens with zero attached hydrogens (tertiary/aromatic N) is 3. The molecule has 0 aliphatic rings. The average Bonchev–Trinajstić information content (AvgIpc) is 3.37. The van der Waals surface area contributed by atoms with E-state index >= 15 is 0 Å². The summed E-state index contributed by atoms with van der Waals surface area (Å²) < 4.78 is 6.61. The molecule has 152 valence electrons. The fourth-order valence-electron chi connectivity index (χ4n) is 2.89. The molecule has 9 heteroatoms. The van der Waals surface area contributed by atoms with Crippen molar-refractivity contribution in [3.05, 3.63) is 66.4 Å². The van der Waals surface area contributed by atoms with Gasteiger partial charge in [0.15, 0.2) is 11.0 Å². The molecule has 0 saturated carbocycles. The van der Waals surface area contributed by atoms with E-state index in [-0.39, 0.29) is 29.6 Å². The summed E-state index contributed by atoms with van der Waals surface area (Å²) in [5, 5.41) is 7.71. The third-order valence-electron chi connectivity index (χ3n) is 4.23. The van der Waals surface area contributed by atoms with Crippen molar-refractivity contribution in [2.75, 3.05) is 17.7 Å². The van der Waals surface area contributed by atoms with Crippen LogP contribution in [0.4, 0.5) is 5.82 Å². The van der Waals surface area contributed by atoms with Crippen LogP contribution < -0.4 is 5.32 Å². The molecular weight excluding hydrogens is 402 g/mol. The van der Waals surface area contributed by atoms with E-state index in [0.29, 0.717) is 10.8 Å². The Balaban J connectivity index is 1.53. The number of hydrogen-bond acceptors (Lipinski definition) is 6. The van der Waals surface area contributed by atoms with Gasteiger partial charge >= 0.3 is 5.97 Å². The molecular formula is C21H19N5O3S. The van der Waals surface area contributed by atoms with Crippen LogP contribution in [0.2, 0.25) is 0 Å². The smallest absolute Gasteiger partial charge is 0.343 e. The number of amides is 1. The standard InChI is InChI=1S/C21H19N5O3S/c1-2-29-20(28)15-12-22-26(14-8-4-3-5-9-14)19(15)25-18(27)13-30-21-23-16-10-6-7-11-17(16)24-21/h3-12H,2,13H2,1H3,(H,23,24)(H,25,27). The summed E-state index contributed by atoms with van der Waals surface area (Å²) in [6, 6.07) is 16.9. The predicted molar refractivity (Wildman–Crippen MR) is 115 cm³/mol. The van der Waals surface area contributed by atoms with E-state index in [9.17, 15) is 9.59 Å². The second-order valence-corrected chi connectivity index (χ2v) is 7.23. The number of thioether (sulfide) groups is 1. The van der Waals surface area contributed by atoms with Crippen molar-refractivity contribution in [1.29, 1.82) is 0 Å². The molecule has 0 spiro atoms. The second-order valence-electron chi connectivity index (χ2n) is 6.27. The molecule has 8 nitrogen and oxygen atoms in total. The topological polar surface area (TPSA) is 102 Å². The van der Waals surface area contributed by atoms with Crippen molar-refractivity contribution in [3.63, 3.8) is 0 Å².